The number of ether oxygens (including phenoxy) is 6. The zero-order chi connectivity index (χ0) is 26.3. The maximum absolute atomic E-state index is 10.6. The van der Waals surface area contributed by atoms with Crippen molar-refractivity contribution >= 4 is 22.2 Å². The van der Waals surface area contributed by atoms with E-state index in [1.54, 1.807) is 18.2 Å². The molecule has 0 aromatic heterocycles. The molecule has 12 nitrogen and oxygen atoms in total. The largest absolute Gasteiger partial charge is 0.748 e. The summed E-state index contributed by atoms with van der Waals surface area (Å²) in [6, 6.07) is 5.19. The first-order valence-corrected chi connectivity index (χ1v) is 14.2. The van der Waals surface area contributed by atoms with Crippen molar-refractivity contribution in [1.29, 1.82) is 0 Å². The van der Waals surface area contributed by atoms with Gasteiger partial charge in [0.15, 0.2) is 0 Å². The van der Waals surface area contributed by atoms with E-state index in [1.807, 2.05) is 0 Å². The van der Waals surface area contributed by atoms with E-state index in [9.17, 15) is 18.2 Å². The third kappa shape index (κ3) is 19.8. The van der Waals surface area contributed by atoms with Gasteiger partial charge in [-0.15, -0.1) is 0 Å². The lowest BCUT2D eigenvalue weighted by molar-refractivity contribution is -0.777. The SMILES string of the molecule is CCCCOCCOc1cc(OCCOCCCSOO[O-])cc(OCCOCCCS(=O)(=O)[O-])c1. The number of hydrogen-bond acceptors (Lipinski definition) is 13. The zero-order valence-electron chi connectivity index (χ0n) is 20.6. The van der Waals surface area contributed by atoms with Crippen molar-refractivity contribution in [2.45, 2.75) is 32.6 Å². The Hall–Kier alpha value is -1.36. The number of unbranched alkanes of at least 4 members (excludes halogenated alkanes) is 1. The lowest BCUT2D eigenvalue weighted by Crippen LogP contribution is -2.12. The van der Waals surface area contributed by atoms with E-state index in [0.717, 1.165) is 24.9 Å². The Morgan fingerprint density at radius 3 is 1.64 bits per heavy atom. The molecule has 0 bridgehead atoms. The van der Waals surface area contributed by atoms with Crippen LogP contribution in [0.2, 0.25) is 0 Å². The van der Waals surface area contributed by atoms with E-state index in [0.29, 0.717) is 69.1 Å². The van der Waals surface area contributed by atoms with Crippen LogP contribution in [0, 0.1) is 0 Å². The Balaban J connectivity index is 2.43. The summed E-state index contributed by atoms with van der Waals surface area (Å²) in [6.07, 6.45) is 2.89. The van der Waals surface area contributed by atoms with Crippen LogP contribution in [0.3, 0.4) is 0 Å². The van der Waals surface area contributed by atoms with E-state index in [1.165, 1.54) is 0 Å². The summed E-state index contributed by atoms with van der Waals surface area (Å²) in [6.45, 7) is 5.38. The molecule has 1 aromatic carbocycles. The van der Waals surface area contributed by atoms with Crippen LogP contribution in [0.25, 0.3) is 0 Å². The predicted molar refractivity (Wildman–Crippen MR) is 129 cm³/mol. The van der Waals surface area contributed by atoms with Crippen molar-refractivity contribution in [3.05, 3.63) is 18.2 Å². The third-order valence-electron chi connectivity index (χ3n) is 4.26. The summed E-state index contributed by atoms with van der Waals surface area (Å²) in [5.74, 6) is 1.72. The van der Waals surface area contributed by atoms with Gasteiger partial charge in [0.25, 0.3) is 0 Å². The second-order valence-electron chi connectivity index (χ2n) is 7.30. The molecule has 0 aliphatic heterocycles. The molecule has 210 valence electrons. The maximum atomic E-state index is 10.6. The van der Waals surface area contributed by atoms with E-state index in [4.69, 9.17) is 28.4 Å². The molecule has 0 fully saturated rings. The van der Waals surface area contributed by atoms with Gasteiger partial charge in [0.1, 0.15) is 37.1 Å². The quantitative estimate of drug-likeness (QED) is 0.0566. The van der Waals surface area contributed by atoms with Gasteiger partial charge in [-0.2, -0.15) is 4.33 Å². The Labute approximate surface area is 217 Å². The van der Waals surface area contributed by atoms with Crippen LogP contribution in [0.4, 0.5) is 0 Å². The summed E-state index contributed by atoms with van der Waals surface area (Å²) in [7, 11) is -4.23. The molecule has 36 heavy (non-hydrogen) atoms. The third-order valence-corrected chi connectivity index (χ3v) is 5.66. The number of hydrogen-bond donors (Lipinski definition) is 0. The van der Waals surface area contributed by atoms with Gasteiger partial charge in [0.2, 0.25) is 0 Å². The maximum Gasteiger partial charge on any atom is 0.126 e. The molecule has 0 aliphatic rings. The highest BCUT2D eigenvalue weighted by Crippen LogP contribution is 2.28. The van der Waals surface area contributed by atoms with Gasteiger partial charge in [-0.05, 0) is 19.3 Å². The summed E-state index contributed by atoms with van der Waals surface area (Å²) in [5.41, 5.74) is 0. The van der Waals surface area contributed by atoms with Gasteiger partial charge in [-0.1, -0.05) is 13.3 Å². The molecule has 1 rings (SSSR count). The minimum atomic E-state index is -4.23. The Bertz CT molecular complexity index is 763. The van der Waals surface area contributed by atoms with Gasteiger partial charge >= 0.3 is 0 Å². The first-order valence-electron chi connectivity index (χ1n) is 11.7. The van der Waals surface area contributed by atoms with E-state index < -0.39 is 15.9 Å². The highest BCUT2D eigenvalue weighted by atomic mass is 32.2. The monoisotopic (exact) mass is 556 g/mol. The van der Waals surface area contributed by atoms with Crippen LogP contribution < -0.4 is 19.5 Å². The normalized spacial score (nSPS) is 11.5. The minimum absolute atomic E-state index is 0.136. The predicted octanol–water partition coefficient (Wildman–Crippen LogP) is 1.87. The van der Waals surface area contributed by atoms with Crippen LogP contribution in [-0.4, -0.2) is 83.9 Å². The molecule has 0 spiro atoms. The number of benzene rings is 1. The molecule has 0 saturated heterocycles. The van der Waals surface area contributed by atoms with Crippen LogP contribution in [-0.2, 0) is 33.7 Å². The Kier molecular flexibility index (Phi) is 19.7. The second-order valence-corrected chi connectivity index (χ2v) is 9.61. The smallest absolute Gasteiger partial charge is 0.126 e. The van der Waals surface area contributed by atoms with E-state index in [2.05, 4.69) is 16.3 Å². The van der Waals surface area contributed by atoms with Crippen LogP contribution in [0.15, 0.2) is 18.2 Å². The van der Waals surface area contributed by atoms with E-state index >= 15 is 0 Å². The summed E-state index contributed by atoms with van der Waals surface area (Å²) in [4.78, 5) is 0. The highest BCUT2D eigenvalue weighted by Gasteiger charge is 2.06. The van der Waals surface area contributed by atoms with Crippen LogP contribution in [0.1, 0.15) is 32.6 Å². The molecular weight excluding hydrogens is 520 g/mol. The van der Waals surface area contributed by atoms with Crippen LogP contribution >= 0.6 is 12.0 Å². The van der Waals surface area contributed by atoms with Crippen molar-refractivity contribution in [2.24, 2.45) is 0 Å². The van der Waals surface area contributed by atoms with Gasteiger partial charge in [-0.3, -0.25) is 5.04 Å². The molecule has 0 N–H and O–H groups in total. The molecule has 1 aromatic rings. The van der Waals surface area contributed by atoms with Crippen molar-refractivity contribution < 1.29 is 56.0 Å². The molecule has 0 amide bonds. The van der Waals surface area contributed by atoms with Crippen molar-refractivity contribution in [1.82, 2.24) is 0 Å². The lowest BCUT2D eigenvalue weighted by Gasteiger charge is -2.14. The summed E-state index contributed by atoms with van der Waals surface area (Å²) >= 11 is 0.913. The molecule has 0 heterocycles. The molecule has 0 saturated carbocycles. The number of rotatable bonds is 25. The van der Waals surface area contributed by atoms with Crippen molar-refractivity contribution in [3.63, 3.8) is 0 Å². The van der Waals surface area contributed by atoms with Gasteiger partial charge in [0, 0.05) is 61.6 Å². The lowest BCUT2D eigenvalue weighted by atomic mass is 10.3. The fourth-order valence-electron chi connectivity index (χ4n) is 2.61. The first kappa shape index (κ1) is 32.7. The summed E-state index contributed by atoms with van der Waals surface area (Å²) in [5, 5.41) is 12.9. The fraction of sp³-hybridized carbons (Fsp3) is 0.727. The Morgan fingerprint density at radius 2 is 1.19 bits per heavy atom. The van der Waals surface area contributed by atoms with Crippen molar-refractivity contribution in [2.75, 3.05) is 71.0 Å². The van der Waals surface area contributed by atoms with E-state index in [-0.39, 0.29) is 26.2 Å². The Morgan fingerprint density at radius 1 is 0.722 bits per heavy atom. The standard InChI is InChI=1S/C22H38O12S2/c1-2-3-6-27-9-12-30-20-17-21(31-13-10-28-7-4-15-35-34-33-23)19-22(18-20)32-14-11-29-8-5-16-36(24,25)26/h17-19,23H,2-16H2,1H3,(H,24,25,26)/p-2. The summed E-state index contributed by atoms with van der Waals surface area (Å²) < 4.78 is 69.5. The molecule has 14 heteroatoms. The van der Waals surface area contributed by atoms with Gasteiger partial charge in [-0.25, -0.2) is 8.42 Å². The van der Waals surface area contributed by atoms with Gasteiger partial charge in [0.05, 0.1) is 29.9 Å². The average Bonchev–Trinajstić information content (AvgIpc) is 2.84. The molecular formula is C22H36O12S2-2. The van der Waals surface area contributed by atoms with Gasteiger partial charge < -0.3 is 38.2 Å². The average molecular weight is 557 g/mol. The minimum Gasteiger partial charge on any atom is -0.748 e. The van der Waals surface area contributed by atoms with Crippen molar-refractivity contribution in [3.8, 4) is 17.2 Å². The first-order chi connectivity index (χ1) is 17.4. The van der Waals surface area contributed by atoms with Crippen LogP contribution in [0.5, 0.6) is 17.2 Å². The topological polar surface area (TPSA) is 154 Å². The molecule has 0 radical (unpaired) electrons. The molecule has 0 aliphatic carbocycles. The fourth-order valence-corrected chi connectivity index (χ4v) is 3.43. The second kappa shape index (κ2) is 21.7. The zero-order valence-corrected chi connectivity index (χ0v) is 22.2. The molecule has 0 unspecified atom stereocenters. The highest BCUT2D eigenvalue weighted by molar-refractivity contribution is 7.94. The molecule has 0 atom stereocenters.